The average molecular weight is 263 g/mol. The third-order valence-corrected chi connectivity index (χ3v) is 3.15. The van der Waals surface area contributed by atoms with E-state index in [0.717, 1.165) is 25.5 Å². The molecule has 0 saturated heterocycles. The molecule has 6 heteroatoms. The van der Waals surface area contributed by atoms with Crippen LogP contribution in [0, 0.1) is 0 Å². The number of nitrogens with zero attached hydrogens (tertiary/aromatic N) is 1. The number of hydrogen-bond acceptors (Lipinski definition) is 4. The van der Waals surface area contributed by atoms with E-state index >= 15 is 0 Å². The second-order valence-electron chi connectivity index (χ2n) is 4.56. The van der Waals surface area contributed by atoms with Gasteiger partial charge < -0.3 is 10.4 Å². The van der Waals surface area contributed by atoms with E-state index in [0.29, 0.717) is 12.5 Å². The molecule has 0 saturated carbocycles. The number of carboxylic acids is 1. The van der Waals surface area contributed by atoms with Gasteiger partial charge in [0.25, 0.3) is 5.56 Å². The van der Waals surface area contributed by atoms with E-state index in [1.807, 2.05) is 0 Å². The zero-order chi connectivity index (χ0) is 13.7. The predicted molar refractivity (Wildman–Crippen MR) is 71.5 cm³/mol. The fourth-order valence-electron chi connectivity index (χ4n) is 2.11. The van der Waals surface area contributed by atoms with Gasteiger partial charge in [0.1, 0.15) is 5.56 Å². The molecule has 1 heterocycles. The van der Waals surface area contributed by atoms with E-state index < -0.39 is 11.5 Å². The summed E-state index contributed by atoms with van der Waals surface area (Å²) in [6.07, 6.45) is 9.07. The fraction of sp³-hybridized carbons (Fsp3) is 0.462. The number of aromatic amines is 1. The first-order valence-electron chi connectivity index (χ1n) is 6.41. The number of H-pyrrole nitrogens is 1. The highest BCUT2D eigenvalue weighted by Gasteiger charge is 2.09. The molecule has 0 bridgehead atoms. The van der Waals surface area contributed by atoms with Crippen molar-refractivity contribution < 1.29 is 9.90 Å². The molecule has 6 nitrogen and oxygen atoms in total. The van der Waals surface area contributed by atoms with Crippen molar-refractivity contribution in [2.45, 2.75) is 32.1 Å². The maximum atomic E-state index is 11.4. The zero-order valence-electron chi connectivity index (χ0n) is 10.6. The normalized spacial score (nSPS) is 14.8. The van der Waals surface area contributed by atoms with E-state index in [1.54, 1.807) is 0 Å². The van der Waals surface area contributed by atoms with Crippen molar-refractivity contribution >= 4 is 11.9 Å². The van der Waals surface area contributed by atoms with Gasteiger partial charge in [-0.05, 0) is 32.1 Å². The summed E-state index contributed by atoms with van der Waals surface area (Å²) in [5.74, 6) is -0.959. The van der Waals surface area contributed by atoms with Crippen LogP contribution in [0.1, 0.15) is 42.5 Å². The Balaban J connectivity index is 1.89. The SMILES string of the molecule is O=C(O)c1cnc(NCCC2=CCCCC2)[nH]c1=O. The van der Waals surface area contributed by atoms with Gasteiger partial charge in [-0.25, -0.2) is 9.78 Å². The maximum absolute atomic E-state index is 11.4. The predicted octanol–water partition coefficient (Wildman–Crippen LogP) is 1.77. The lowest BCUT2D eigenvalue weighted by molar-refractivity contribution is 0.0694. The van der Waals surface area contributed by atoms with Crippen molar-refractivity contribution in [1.82, 2.24) is 9.97 Å². The van der Waals surface area contributed by atoms with Crippen LogP contribution in [0.3, 0.4) is 0 Å². The van der Waals surface area contributed by atoms with Crippen molar-refractivity contribution in [3.63, 3.8) is 0 Å². The van der Waals surface area contributed by atoms with E-state index in [2.05, 4.69) is 21.4 Å². The lowest BCUT2D eigenvalue weighted by atomic mass is 9.97. The Kier molecular flexibility index (Phi) is 4.33. The van der Waals surface area contributed by atoms with Crippen LogP contribution >= 0.6 is 0 Å². The van der Waals surface area contributed by atoms with Crippen molar-refractivity contribution in [2.24, 2.45) is 0 Å². The molecule has 0 fully saturated rings. The molecule has 1 aromatic heterocycles. The number of carbonyl (C=O) groups is 1. The highest BCUT2D eigenvalue weighted by atomic mass is 16.4. The first-order chi connectivity index (χ1) is 9.16. The number of anilines is 1. The maximum Gasteiger partial charge on any atom is 0.342 e. The highest BCUT2D eigenvalue weighted by Crippen LogP contribution is 2.19. The summed E-state index contributed by atoms with van der Waals surface area (Å²) in [5.41, 5.74) is 0.450. The van der Waals surface area contributed by atoms with Gasteiger partial charge in [-0.2, -0.15) is 0 Å². The van der Waals surface area contributed by atoms with Crippen LogP contribution in [0.25, 0.3) is 0 Å². The minimum Gasteiger partial charge on any atom is -0.477 e. The number of rotatable bonds is 5. The Labute approximate surface area is 110 Å². The molecule has 2 rings (SSSR count). The third-order valence-electron chi connectivity index (χ3n) is 3.15. The van der Waals surface area contributed by atoms with Crippen LogP contribution in [0.4, 0.5) is 5.95 Å². The van der Waals surface area contributed by atoms with E-state index in [4.69, 9.17) is 5.11 Å². The van der Waals surface area contributed by atoms with Gasteiger partial charge in [-0.3, -0.25) is 9.78 Å². The second-order valence-corrected chi connectivity index (χ2v) is 4.56. The van der Waals surface area contributed by atoms with E-state index in [-0.39, 0.29) is 5.56 Å². The summed E-state index contributed by atoms with van der Waals surface area (Å²) in [5, 5.41) is 11.7. The molecule has 0 amide bonds. The van der Waals surface area contributed by atoms with E-state index in [1.165, 1.54) is 18.4 Å². The first kappa shape index (κ1) is 13.3. The molecule has 1 aliphatic rings. The molecule has 1 aliphatic carbocycles. The summed E-state index contributed by atoms with van der Waals surface area (Å²) in [6.45, 7) is 0.682. The summed E-state index contributed by atoms with van der Waals surface area (Å²) in [6, 6.07) is 0. The van der Waals surface area contributed by atoms with Gasteiger partial charge in [0.05, 0.1) is 6.20 Å². The summed E-state index contributed by atoms with van der Waals surface area (Å²) < 4.78 is 0. The first-order valence-corrected chi connectivity index (χ1v) is 6.41. The minimum absolute atomic E-state index is 0.311. The van der Waals surface area contributed by atoms with Crippen molar-refractivity contribution in [2.75, 3.05) is 11.9 Å². The Bertz CT molecular complexity index is 548. The molecular weight excluding hydrogens is 246 g/mol. The highest BCUT2D eigenvalue weighted by molar-refractivity contribution is 5.86. The standard InChI is InChI=1S/C13H17N3O3/c17-11-10(12(18)19)8-15-13(16-11)14-7-6-9-4-2-1-3-5-9/h4,8H,1-3,5-7H2,(H,18,19)(H2,14,15,16,17). The van der Waals surface area contributed by atoms with Crippen molar-refractivity contribution in [3.05, 3.63) is 33.8 Å². The van der Waals surface area contributed by atoms with Crippen molar-refractivity contribution in [1.29, 1.82) is 0 Å². The van der Waals surface area contributed by atoms with Gasteiger partial charge >= 0.3 is 5.97 Å². The van der Waals surface area contributed by atoms with Crippen LogP contribution in [0.2, 0.25) is 0 Å². The molecular formula is C13H17N3O3. The minimum atomic E-state index is -1.27. The molecule has 0 radical (unpaired) electrons. The molecule has 0 spiro atoms. The van der Waals surface area contributed by atoms with Gasteiger partial charge in [0, 0.05) is 6.54 Å². The largest absolute Gasteiger partial charge is 0.477 e. The molecule has 0 aliphatic heterocycles. The molecule has 3 N–H and O–H groups in total. The van der Waals surface area contributed by atoms with Crippen LogP contribution in [0.15, 0.2) is 22.6 Å². The van der Waals surface area contributed by atoms with Crippen LogP contribution < -0.4 is 10.9 Å². The zero-order valence-corrected chi connectivity index (χ0v) is 10.6. The van der Waals surface area contributed by atoms with Crippen LogP contribution in [-0.4, -0.2) is 27.6 Å². The number of allylic oxidation sites excluding steroid dienone is 1. The van der Waals surface area contributed by atoms with Crippen LogP contribution in [-0.2, 0) is 0 Å². The Morgan fingerprint density at radius 1 is 1.47 bits per heavy atom. The lowest BCUT2D eigenvalue weighted by Gasteiger charge is -2.12. The summed E-state index contributed by atoms with van der Waals surface area (Å²) in [4.78, 5) is 28.4. The van der Waals surface area contributed by atoms with Gasteiger partial charge in [0.15, 0.2) is 0 Å². The molecule has 19 heavy (non-hydrogen) atoms. The summed E-state index contributed by atoms with van der Waals surface area (Å²) in [7, 11) is 0. The number of aromatic nitrogens is 2. The molecule has 102 valence electrons. The molecule has 1 aromatic rings. The Morgan fingerprint density at radius 2 is 2.32 bits per heavy atom. The monoisotopic (exact) mass is 263 g/mol. The van der Waals surface area contributed by atoms with E-state index in [9.17, 15) is 9.59 Å². The average Bonchev–Trinajstić information content (AvgIpc) is 2.39. The number of hydrogen-bond donors (Lipinski definition) is 3. The topological polar surface area (TPSA) is 95.1 Å². The molecule has 0 atom stereocenters. The second kappa shape index (κ2) is 6.17. The smallest absolute Gasteiger partial charge is 0.342 e. The molecule has 0 aromatic carbocycles. The number of aromatic carboxylic acids is 1. The third kappa shape index (κ3) is 3.67. The van der Waals surface area contributed by atoms with Crippen molar-refractivity contribution in [3.8, 4) is 0 Å². The Morgan fingerprint density at radius 3 is 2.95 bits per heavy atom. The van der Waals surface area contributed by atoms with Gasteiger partial charge in [-0.15, -0.1) is 0 Å². The van der Waals surface area contributed by atoms with Gasteiger partial charge in [-0.1, -0.05) is 11.6 Å². The molecule has 0 unspecified atom stereocenters. The Hall–Kier alpha value is -2.11. The van der Waals surface area contributed by atoms with Gasteiger partial charge in [0.2, 0.25) is 5.95 Å². The fourth-order valence-corrected chi connectivity index (χ4v) is 2.11. The summed E-state index contributed by atoms with van der Waals surface area (Å²) >= 11 is 0. The lowest BCUT2D eigenvalue weighted by Crippen LogP contribution is -2.20. The quantitative estimate of drug-likeness (QED) is 0.704. The number of carboxylic acid groups (broad SMARTS) is 1. The van der Waals surface area contributed by atoms with Crippen LogP contribution in [0.5, 0.6) is 0 Å². The number of nitrogens with one attached hydrogen (secondary N) is 2.